The average molecular weight is 419 g/mol. The van der Waals surface area contributed by atoms with Gasteiger partial charge in [0, 0.05) is 31.9 Å². The number of primary amides is 1. The number of rotatable bonds is 6. The highest BCUT2D eigenvalue weighted by molar-refractivity contribution is 8.13. The predicted octanol–water partition coefficient (Wildman–Crippen LogP) is 1.93. The van der Waals surface area contributed by atoms with Gasteiger partial charge in [0.2, 0.25) is 5.91 Å². The lowest BCUT2D eigenvalue weighted by Gasteiger charge is -2.37. The number of hydrazone groups is 1. The summed E-state index contributed by atoms with van der Waals surface area (Å²) in [5.41, 5.74) is 7.41. The van der Waals surface area contributed by atoms with E-state index in [2.05, 4.69) is 15.3 Å². The summed E-state index contributed by atoms with van der Waals surface area (Å²) < 4.78 is 39.7. The van der Waals surface area contributed by atoms with Crippen molar-refractivity contribution in [3.05, 3.63) is 35.4 Å². The zero-order valence-electron chi connectivity index (χ0n) is 14.4. The van der Waals surface area contributed by atoms with Crippen LogP contribution in [-0.2, 0) is 16.7 Å². The van der Waals surface area contributed by atoms with Gasteiger partial charge in [-0.2, -0.15) is 18.3 Å². The number of thioether (sulfide) groups is 1. The van der Waals surface area contributed by atoms with E-state index in [1.807, 2.05) is 0 Å². The summed E-state index contributed by atoms with van der Waals surface area (Å²) in [5, 5.41) is 7.27. The Kier molecular flexibility index (Phi) is 6.56. The smallest absolute Gasteiger partial charge is 0.368 e. The number of hydrogen-bond acceptors (Lipinski definition) is 7. The number of carbonyl (C=O) groups excluding carboxylic acids is 1. The van der Waals surface area contributed by atoms with Crippen LogP contribution in [0.5, 0.6) is 0 Å². The lowest BCUT2D eigenvalue weighted by Crippen LogP contribution is -2.58. The maximum Gasteiger partial charge on any atom is 0.416 e. The molecule has 0 aliphatic carbocycles. The summed E-state index contributed by atoms with van der Waals surface area (Å²) in [5.74, 6) is 0.0413. The molecular formula is C16H20F3N5OS2. The van der Waals surface area contributed by atoms with Crippen molar-refractivity contribution in [2.45, 2.75) is 23.3 Å². The van der Waals surface area contributed by atoms with Crippen LogP contribution < -0.4 is 11.1 Å². The molecule has 1 fully saturated rings. The Morgan fingerprint density at radius 1 is 1.33 bits per heavy atom. The Hall–Kier alpha value is -1.43. The van der Waals surface area contributed by atoms with E-state index in [0.29, 0.717) is 5.75 Å². The number of piperazine rings is 1. The molecule has 1 amide bonds. The van der Waals surface area contributed by atoms with E-state index in [1.165, 1.54) is 35.8 Å². The van der Waals surface area contributed by atoms with Crippen LogP contribution in [0.4, 0.5) is 13.2 Å². The summed E-state index contributed by atoms with van der Waals surface area (Å²) in [7, 11) is 0. The molecular weight excluding hydrogens is 399 g/mol. The fraction of sp³-hybridized carbons (Fsp3) is 0.500. The quantitative estimate of drug-likeness (QED) is 0.687. The van der Waals surface area contributed by atoms with Gasteiger partial charge in [-0.1, -0.05) is 23.9 Å². The molecule has 0 aromatic heterocycles. The van der Waals surface area contributed by atoms with Crippen molar-refractivity contribution >= 4 is 35.2 Å². The normalized spacial score (nSPS) is 22.2. The molecule has 1 saturated heterocycles. The second-order valence-electron chi connectivity index (χ2n) is 6.15. The molecule has 1 aromatic rings. The van der Waals surface area contributed by atoms with Crippen LogP contribution in [0.25, 0.3) is 0 Å². The Balaban J connectivity index is 1.63. The number of benzene rings is 1. The van der Waals surface area contributed by atoms with Gasteiger partial charge in [-0.3, -0.25) is 9.69 Å². The van der Waals surface area contributed by atoms with E-state index in [-0.39, 0.29) is 5.37 Å². The molecule has 6 nitrogen and oxygen atoms in total. The van der Waals surface area contributed by atoms with Crippen molar-refractivity contribution in [2.24, 2.45) is 10.8 Å². The minimum absolute atomic E-state index is 0.264. The lowest BCUT2D eigenvalue weighted by molar-refractivity contribution is -0.137. The van der Waals surface area contributed by atoms with Crippen molar-refractivity contribution in [3.63, 3.8) is 0 Å². The fourth-order valence-electron chi connectivity index (χ4n) is 2.95. The first-order valence-electron chi connectivity index (χ1n) is 8.36. The molecule has 2 unspecified atom stereocenters. The number of alkyl halides is 3. The first-order valence-corrected chi connectivity index (χ1v) is 10.2. The zero-order chi connectivity index (χ0) is 19.4. The van der Waals surface area contributed by atoms with Crippen molar-refractivity contribution in [2.75, 3.05) is 26.2 Å². The van der Waals surface area contributed by atoms with E-state index in [4.69, 9.17) is 5.73 Å². The van der Waals surface area contributed by atoms with Crippen molar-refractivity contribution in [3.8, 4) is 0 Å². The fourth-order valence-corrected chi connectivity index (χ4v) is 5.08. The van der Waals surface area contributed by atoms with Crippen LogP contribution in [0.2, 0.25) is 0 Å². The van der Waals surface area contributed by atoms with Crippen LogP contribution in [0.3, 0.4) is 0 Å². The minimum Gasteiger partial charge on any atom is -0.368 e. The largest absolute Gasteiger partial charge is 0.416 e. The summed E-state index contributed by atoms with van der Waals surface area (Å²) in [6.07, 6.45) is -4.34. The molecule has 27 heavy (non-hydrogen) atoms. The van der Waals surface area contributed by atoms with Gasteiger partial charge in [0.25, 0.3) is 0 Å². The molecule has 0 spiro atoms. The number of nitrogens with zero attached hydrogens (tertiary/aromatic N) is 3. The van der Waals surface area contributed by atoms with Gasteiger partial charge in [0.1, 0.15) is 11.4 Å². The molecule has 1 aromatic carbocycles. The van der Waals surface area contributed by atoms with Gasteiger partial charge in [0.05, 0.1) is 11.1 Å². The highest BCUT2D eigenvalue weighted by atomic mass is 32.2. The van der Waals surface area contributed by atoms with Gasteiger partial charge < -0.3 is 11.1 Å². The van der Waals surface area contributed by atoms with Gasteiger partial charge in [0.15, 0.2) is 0 Å². The highest BCUT2D eigenvalue weighted by Gasteiger charge is 2.39. The number of nitrogens with two attached hydrogens (primary N) is 1. The predicted molar refractivity (Wildman–Crippen MR) is 102 cm³/mol. The Labute approximate surface area is 163 Å². The summed E-state index contributed by atoms with van der Waals surface area (Å²) in [4.78, 5) is 14.1. The number of hydrogen-bond donors (Lipinski definition) is 2. The molecule has 2 heterocycles. The molecule has 3 rings (SSSR count). The Bertz CT molecular complexity index is 680. The van der Waals surface area contributed by atoms with Crippen LogP contribution in [0.1, 0.15) is 11.1 Å². The van der Waals surface area contributed by atoms with Crippen molar-refractivity contribution in [1.82, 2.24) is 14.6 Å². The molecule has 0 saturated carbocycles. The van der Waals surface area contributed by atoms with E-state index in [0.717, 1.165) is 43.9 Å². The van der Waals surface area contributed by atoms with Crippen LogP contribution in [0, 0.1) is 0 Å². The number of halogens is 3. The Morgan fingerprint density at radius 2 is 2.00 bits per heavy atom. The van der Waals surface area contributed by atoms with Crippen molar-refractivity contribution < 1.29 is 18.0 Å². The van der Waals surface area contributed by atoms with Crippen molar-refractivity contribution in [1.29, 1.82) is 0 Å². The van der Waals surface area contributed by atoms with E-state index >= 15 is 0 Å². The standard InChI is InChI=1S/C16H20F3N5OS2/c17-16(18,19)12-3-1-11(2-4-12)9-27-24-15(26-10-22-24)13(14(20)25)23-7-5-21-6-8-23/h1-4,10,13,15,21H,5-9H2,(H2,20,25). The molecule has 2 aliphatic rings. The number of amides is 1. The van der Waals surface area contributed by atoms with Crippen LogP contribution >= 0.6 is 23.7 Å². The maximum atomic E-state index is 12.7. The highest BCUT2D eigenvalue weighted by Crippen LogP contribution is 2.35. The summed E-state index contributed by atoms with van der Waals surface area (Å²) >= 11 is 2.77. The monoisotopic (exact) mass is 419 g/mol. The summed E-state index contributed by atoms with van der Waals surface area (Å²) in [6, 6.07) is 4.57. The topological polar surface area (TPSA) is 74.0 Å². The molecule has 3 N–H and O–H groups in total. The molecule has 2 atom stereocenters. The molecule has 11 heteroatoms. The third kappa shape index (κ3) is 5.09. The maximum absolute atomic E-state index is 12.7. The van der Waals surface area contributed by atoms with Gasteiger partial charge >= 0.3 is 6.18 Å². The van der Waals surface area contributed by atoms with E-state index < -0.39 is 23.7 Å². The summed E-state index contributed by atoms with van der Waals surface area (Å²) in [6.45, 7) is 3.03. The first-order chi connectivity index (χ1) is 12.9. The molecule has 2 aliphatic heterocycles. The first kappa shape index (κ1) is 20.3. The van der Waals surface area contributed by atoms with Crippen LogP contribution in [0.15, 0.2) is 29.4 Å². The molecule has 0 bridgehead atoms. The van der Waals surface area contributed by atoms with E-state index in [1.54, 1.807) is 9.96 Å². The van der Waals surface area contributed by atoms with Gasteiger partial charge in [-0.15, -0.1) is 0 Å². The lowest BCUT2D eigenvalue weighted by atomic mass is 10.1. The third-order valence-corrected chi connectivity index (χ3v) is 6.46. The third-order valence-electron chi connectivity index (χ3n) is 4.33. The SMILES string of the molecule is NC(=O)C(C1SC=NN1SCc1ccc(C(F)(F)F)cc1)N1CCNCC1. The second kappa shape index (κ2) is 8.72. The van der Waals surface area contributed by atoms with Crippen LogP contribution in [-0.4, -0.2) is 58.4 Å². The Morgan fingerprint density at radius 3 is 2.59 bits per heavy atom. The zero-order valence-corrected chi connectivity index (χ0v) is 16.0. The van der Waals surface area contributed by atoms with E-state index in [9.17, 15) is 18.0 Å². The van der Waals surface area contributed by atoms with Gasteiger partial charge in [-0.25, -0.2) is 4.41 Å². The molecule has 0 radical (unpaired) electrons. The minimum atomic E-state index is -4.34. The number of carbonyl (C=O) groups is 1. The molecule has 148 valence electrons. The number of nitrogens with one attached hydrogen (secondary N) is 1. The second-order valence-corrected chi connectivity index (χ2v) is 8.04. The average Bonchev–Trinajstić information content (AvgIpc) is 3.08. The van der Waals surface area contributed by atoms with Gasteiger partial charge in [-0.05, 0) is 29.6 Å².